The average molecular weight is 355 g/mol. The Kier molecular flexibility index (Phi) is 8.17. The number of rotatable bonds is 3. The first-order valence-corrected chi connectivity index (χ1v) is 6.74. The highest BCUT2D eigenvalue weighted by Gasteiger charge is 2.28. The molecule has 6 nitrogen and oxygen atoms in total. The smallest absolute Gasteiger partial charge is 0.430 e. The monoisotopic (exact) mass is 355 g/mol. The Hall–Kier alpha value is -3.04. The summed E-state index contributed by atoms with van der Waals surface area (Å²) < 4.78 is 32.1. The number of amides is 1. The second-order valence-electron chi connectivity index (χ2n) is 5.72. The Balaban J connectivity index is 0.000000697. The third-order valence-electron chi connectivity index (χ3n) is 2.28. The predicted molar refractivity (Wildman–Crippen MR) is 81.5 cm³/mol. The number of carboxylic acids is 1. The van der Waals surface area contributed by atoms with Gasteiger partial charge in [-0.3, -0.25) is 4.79 Å². The molecule has 0 unspecified atom stereocenters. The number of halogens is 3. The molecule has 0 atom stereocenters. The Labute approximate surface area is 143 Å². The topological polar surface area (TPSA) is 93.0 Å². The summed E-state index contributed by atoms with van der Waals surface area (Å²) in [4.78, 5) is 20.5. The van der Waals surface area contributed by atoms with Crippen molar-refractivity contribution < 1.29 is 32.3 Å². The number of quaternary nitrogens is 1. The molecular formula is C16H16F3N3O3. The van der Waals surface area contributed by atoms with Crippen molar-refractivity contribution in [3.8, 4) is 17.9 Å². The van der Waals surface area contributed by atoms with E-state index < -0.39 is 12.1 Å². The lowest BCUT2D eigenvalue weighted by atomic mass is 10.2. The summed E-state index contributed by atoms with van der Waals surface area (Å²) in [5.74, 6) is 1.97. The van der Waals surface area contributed by atoms with Crippen LogP contribution in [0.1, 0.15) is 5.56 Å². The minimum atomic E-state index is -5.19. The van der Waals surface area contributed by atoms with Crippen molar-refractivity contribution in [1.29, 1.82) is 5.26 Å². The fourth-order valence-electron chi connectivity index (χ4n) is 1.37. The van der Waals surface area contributed by atoms with Gasteiger partial charge in [0, 0.05) is 17.2 Å². The lowest BCUT2D eigenvalue weighted by molar-refractivity contribution is -0.861. The van der Waals surface area contributed by atoms with Crippen LogP contribution in [0.2, 0.25) is 0 Å². The van der Waals surface area contributed by atoms with E-state index in [4.69, 9.17) is 15.2 Å². The summed E-state index contributed by atoms with van der Waals surface area (Å²) in [7, 11) is 5.88. The number of hydrogen-bond donors (Lipinski definition) is 1. The highest BCUT2D eigenvalue weighted by molar-refractivity contribution is 5.91. The maximum absolute atomic E-state index is 11.7. The Bertz CT molecular complexity index is 703. The first-order valence-electron chi connectivity index (χ1n) is 6.74. The summed E-state index contributed by atoms with van der Waals surface area (Å²) >= 11 is 0. The van der Waals surface area contributed by atoms with Crippen molar-refractivity contribution in [2.75, 3.05) is 33.0 Å². The molecule has 1 rings (SSSR count). The molecule has 1 amide bonds. The maximum atomic E-state index is 11.7. The summed E-state index contributed by atoms with van der Waals surface area (Å²) in [5, 5.41) is 19.9. The molecule has 25 heavy (non-hydrogen) atoms. The van der Waals surface area contributed by atoms with Crippen molar-refractivity contribution in [2.45, 2.75) is 6.18 Å². The number of benzene rings is 1. The van der Waals surface area contributed by atoms with Crippen LogP contribution in [0.4, 0.5) is 18.9 Å². The Morgan fingerprint density at radius 2 is 1.68 bits per heavy atom. The SMILES string of the molecule is C[N+](C)(C)CC(=O)Nc1ccc(C#CC#N)cc1.O=C([O-])C(F)(F)F. The van der Waals surface area contributed by atoms with Gasteiger partial charge < -0.3 is 19.7 Å². The zero-order chi connectivity index (χ0) is 19.7. The number of aliphatic carboxylic acids is 1. The molecule has 1 aromatic rings. The second-order valence-corrected chi connectivity index (χ2v) is 5.72. The van der Waals surface area contributed by atoms with Crippen molar-refractivity contribution >= 4 is 17.6 Å². The number of carbonyl (C=O) groups is 2. The quantitative estimate of drug-likeness (QED) is 0.631. The molecule has 0 radical (unpaired) electrons. The van der Waals surface area contributed by atoms with E-state index in [0.29, 0.717) is 11.0 Å². The van der Waals surface area contributed by atoms with E-state index in [9.17, 15) is 18.0 Å². The van der Waals surface area contributed by atoms with Gasteiger partial charge in [-0.2, -0.15) is 18.4 Å². The van der Waals surface area contributed by atoms with Gasteiger partial charge in [-0.1, -0.05) is 5.92 Å². The van der Waals surface area contributed by atoms with Gasteiger partial charge in [-0.15, -0.1) is 0 Å². The summed E-state index contributed by atoms with van der Waals surface area (Å²) in [6, 6.07) is 8.84. The molecule has 0 spiro atoms. The fourth-order valence-corrected chi connectivity index (χ4v) is 1.37. The van der Waals surface area contributed by atoms with Gasteiger partial charge in [0.1, 0.15) is 5.97 Å². The molecule has 9 heteroatoms. The fraction of sp³-hybridized carbons (Fsp3) is 0.312. The van der Waals surface area contributed by atoms with E-state index in [2.05, 4.69) is 17.2 Å². The first kappa shape index (κ1) is 22.0. The molecule has 0 heterocycles. The van der Waals surface area contributed by atoms with Crippen LogP contribution < -0.4 is 10.4 Å². The van der Waals surface area contributed by atoms with Gasteiger partial charge in [0.05, 0.1) is 21.1 Å². The molecule has 0 aliphatic heterocycles. The zero-order valence-corrected chi connectivity index (χ0v) is 13.8. The number of nitrogens with one attached hydrogen (secondary N) is 1. The van der Waals surface area contributed by atoms with Gasteiger partial charge in [0.15, 0.2) is 12.6 Å². The predicted octanol–water partition coefficient (Wildman–Crippen LogP) is 0.505. The van der Waals surface area contributed by atoms with Crippen LogP contribution in [0.5, 0.6) is 0 Å². The van der Waals surface area contributed by atoms with Crippen molar-refractivity contribution in [2.24, 2.45) is 0 Å². The lowest BCUT2D eigenvalue weighted by Crippen LogP contribution is -2.41. The molecule has 0 aliphatic carbocycles. The van der Waals surface area contributed by atoms with E-state index >= 15 is 0 Å². The molecule has 0 saturated carbocycles. The van der Waals surface area contributed by atoms with E-state index in [-0.39, 0.29) is 5.91 Å². The average Bonchev–Trinajstić information content (AvgIpc) is 2.44. The minimum Gasteiger partial charge on any atom is -0.542 e. The molecule has 134 valence electrons. The Morgan fingerprint density at radius 1 is 1.20 bits per heavy atom. The molecular weight excluding hydrogens is 339 g/mol. The molecule has 1 aromatic carbocycles. The molecule has 0 fully saturated rings. The van der Waals surface area contributed by atoms with Gasteiger partial charge in [-0.05, 0) is 24.3 Å². The number of alkyl halides is 3. The Morgan fingerprint density at radius 3 is 2.04 bits per heavy atom. The number of likely N-dealkylation sites (N-methyl/N-ethyl adjacent to an activating group) is 1. The van der Waals surface area contributed by atoms with Crippen molar-refractivity contribution in [3.05, 3.63) is 29.8 Å². The molecule has 1 N–H and O–H groups in total. The third-order valence-corrected chi connectivity index (χ3v) is 2.28. The van der Waals surface area contributed by atoms with Crippen LogP contribution in [0.15, 0.2) is 24.3 Å². The largest absolute Gasteiger partial charge is 0.542 e. The first-order chi connectivity index (χ1) is 11.3. The number of nitriles is 1. The third kappa shape index (κ3) is 11.2. The molecule has 0 saturated heterocycles. The number of nitrogens with zero attached hydrogens (tertiary/aromatic N) is 2. The van der Waals surface area contributed by atoms with Crippen molar-refractivity contribution in [3.63, 3.8) is 0 Å². The van der Waals surface area contributed by atoms with Crippen LogP contribution >= 0.6 is 0 Å². The van der Waals surface area contributed by atoms with Crippen LogP contribution in [0, 0.1) is 23.2 Å². The minimum absolute atomic E-state index is 0.0293. The van der Waals surface area contributed by atoms with Crippen LogP contribution in [0.25, 0.3) is 0 Å². The van der Waals surface area contributed by atoms with Crippen LogP contribution in [-0.4, -0.2) is 50.2 Å². The van der Waals surface area contributed by atoms with E-state index in [1.54, 1.807) is 30.3 Å². The maximum Gasteiger partial charge on any atom is 0.430 e. The van der Waals surface area contributed by atoms with Crippen LogP contribution in [-0.2, 0) is 9.59 Å². The number of anilines is 1. The van der Waals surface area contributed by atoms with E-state index in [0.717, 1.165) is 11.3 Å². The number of hydrogen-bond acceptors (Lipinski definition) is 4. The van der Waals surface area contributed by atoms with E-state index in [1.807, 2.05) is 21.1 Å². The highest BCUT2D eigenvalue weighted by atomic mass is 19.4. The van der Waals surface area contributed by atoms with E-state index in [1.165, 1.54) is 0 Å². The second kappa shape index (κ2) is 9.30. The zero-order valence-electron chi connectivity index (χ0n) is 13.8. The normalized spacial score (nSPS) is 10.3. The molecule has 0 aromatic heterocycles. The summed E-state index contributed by atoms with van der Waals surface area (Å²) in [6.45, 7) is 0.413. The standard InChI is InChI=1S/C14H15N3O.C2HF3O2/c1-17(2,3)11-14(18)16-13-8-6-12(7-9-13)5-4-10-15;3-2(4,5)1(6)7/h6-9H,11H2,1-3H3;(H,6,7). The van der Waals surface area contributed by atoms with Gasteiger partial charge in [0.2, 0.25) is 0 Å². The molecule has 0 aliphatic rings. The van der Waals surface area contributed by atoms with Gasteiger partial charge in [-0.25, -0.2) is 0 Å². The number of carboxylic acid groups (broad SMARTS) is 1. The van der Waals surface area contributed by atoms with Crippen molar-refractivity contribution in [1.82, 2.24) is 0 Å². The lowest BCUT2D eigenvalue weighted by Gasteiger charge is -2.22. The number of carbonyl (C=O) groups excluding carboxylic acids is 2. The summed E-state index contributed by atoms with van der Waals surface area (Å²) in [5.41, 5.74) is 1.48. The highest BCUT2D eigenvalue weighted by Crippen LogP contribution is 2.11. The van der Waals surface area contributed by atoms with Gasteiger partial charge >= 0.3 is 6.18 Å². The van der Waals surface area contributed by atoms with Crippen LogP contribution in [0.3, 0.4) is 0 Å². The molecule has 0 bridgehead atoms. The van der Waals surface area contributed by atoms with Gasteiger partial charge in [0.25, 0.3) is 5.91 Å². The summed E-state index contributed by atoms with van der Waals surface area (Å²) in [6.07, 6.45) is -5.19.